The summed E-state index contributed by atoms with van der Waals surface area (Å²) < 4.78 is 6.35. The Hall–Kier alpha value is -2.67. The molecule has 3 N–H and O–H groups in total. The van der Waals surface area contributed by atoms with E-state index in [4.69, 9.17) is 5.73 Å². The van der Waals surface area contributed by atoms with Crippen molar-refractivity contribution in [1.82, 2.24) is 15.1 Å². The Morgan fingerprint density at radius 2 is 1.91 bits per heavy atom. The Labute approximate surface area is 134 Å². The topological polar surface area (TPSA) is 99.2 Å². The van der Waals surface area contributed by atoms with Gasteiger partial charge in [0.15, 0.2) is 0 Å². The van der Waals surface area contributed by atoms with E-state index in [-0.39, 0.29) is 5.91 Å². The van der Waals surface area contributed by atoms with Crippen molar-refractivity contribution >= 4 is 11.9 Å². The summed E-state index contributed by atoms with van der Waals surface area (Å²) in [6.07, 6.45) is 3.64. The van der Waals surface area contributed by atoms with Crippen molar-refractivity contribution in [2.75, 3.05) is 7.11 Å². The van der Waals surface area contributed by atoms with Gasteiger partial charge in [-0.15, -0.1) is 0 Å². The van der Waals surface area contributed by atoms with Gasteiger partial charge in [0, 0.05) is 30.4 Å². The first-order valence-electron chi connectivity index (χ1n) is 7.15. The zero-order valence-corrected chi connectivity index (χ0v) is 13.3. The van der Waals surface area contributed by atoms with Gasteiger partial charge >= 0.3 is 5.97 Å². The van der Waals surface area contributed by atoms with Gasteiger partial charge in [0.2, 0.25) is 0 Å². The van der Waals surface area contributed by atoms with Crippen LogP contribution in [0.2, 0.25) is 0 Å². The van der Waals surface area contributed by atoms with E-state index in [1.807, 2.05) is 25.4 Å². The van der Waals surface area contributed by atoms with E-state index in [1.54, 1.807) is 29.9 Å². The highest BCUT2D eigenvalue weighted by molar-refractivity contribution is 5.97. The second-order valence-corrected chi connectivity index (χ2v) is 5.31. The lowest BCUT2D eigenvalue weighted by atomic mass is 10.1. The molecule has 0 unspecified atom stereocenters. The number of carbonyl (C=O) groups excluding carboxylic acids is 2. The number of hydrogen-bond acceptors (Lipinski definition) is 5. The maximum atomic E-state index is 12.2. The minimum absolute atomic E-state index is 0.379. The van der Waals surface area contributed by atoms with E-state index in [9.17, 15) is 9.59 Å². The van der Waals surface area contributed by atoms with Crippen molar-refractivity contribution in [2.45, 2.75) is 19.0 Å². The zero-order chi connectivity index (χ0) is 17.0. The van der Waals surface area contributed by atoms with Crippen LogP contribution in [0.3, 0.4) is 0 Å². The number of carbonyl (C=O) groups is 2. The third-order valence-electron chi connectivity index (χ3n) is 3.45. The summed E-state index contributed by atoms with van der Waals surface area (Å²) in [5.41, 5.74) is 8.07. The molecule has 7 nitrogen and oxygen atoms in total. The smallest absolute Gasteiger partial charge is 0.329 e. The van der Waals surface area contributed by atoms with Gasteiger partial charge in [-0.2, -0.15) is 5.10 Å². The van der Waals surface area contributed by atoms with Gasteiger partial charge in [0.1, 0.15) is 6.04 Å². The average molecular weight is 316 g/mol. The molecular formula is C16H20N4O3. The van der Waals surface area contributed by atoms with Crippen LogP contribution in [-0.4, -0.2) is 40.9 Å². The zero-order valence-electron chi connectivity index (χ0n) is 13.3. The number of nitrogens with two attached hydrogens (primary N) is 1. The van der Waals surface area contributed by atoms with E-state index in [1.165, 1.54) is 7.11 Å². The molecule has 2 atom stereocenters. The predicted molar refractivity (Wildman–Crippen MR) is 85.6 cm³/mol. The second kappa shape index (κ2) is 7.06. The molecule has 0 fully saturated rings. The molecule has 2 aromatic rings. The standard InChI is InChI=1S/C16H20N4O3/c1-10(17)14(16(22)23-3)19-15(21)12-6-4-11(5-7-12)13-8-18-20(2)9-13/h4-10,14H,17H2,1-3H3,(H,19,21)/t10-,14+/m1/s1. The van der Waals surface area contributed by atoms with Crippen LogP contribution in [0.5, 0.6) is 0 Å². The maximum absolute atomic E-state index is 12.2. The SMILES string of the molecule is COC(=O)[C@@H](NC(=O)c1ccc(-c2cnn(C)c2)cc1)[C@@H](C)N. The number of ether oxygens (including phenoxy) is 1. The number of aromatic nitrogens is 2. The third-order valence-corrected chi connectivity index (χ3v) is 3.45. The number of methoxy groups -OCH3 is 1. The molecule has 0 aliphatic carbocycles. The summed E-state index contributed by atoms with van der Waals surface area (Å²) in [6.45, 7) is 1.63. The van der Waals surface area contributed by atoms with Crippen molar-refractivity contribution in [3.05, 3.63) is 42.2 Å². The minimum Gasteiger partial charge on any atom is -0.467 e. The number of esters is 1. The molecule has 0 saturated heterocycles. The Bertz CT molecular complexity index is 692. The normalized spacial score (nSPS) is 13.2. The number of benzene rings is 1. The van der Waals surface area contributed by atoms with Crippen LogP contribution in [0.15, 0.2) is 36.7 Å². The molecule has 0 aliphatic rings. The number of amides is 1. The van der Waals surface area contributed by atoms with E-state index in [2.05, 4.69) is 15.2 Å². The molecule has 0 spiro atoms. The lowest BCUT2D eigenvalue weighted by Gasteiger charge is -2.19. The van der Waals surface area contributed by atoms with Gasteiger partial charge < -0.3 is 15.8 Å². The number of aryl methyl sites for hydroxylation is 1. The molecule has 0 aliphatic heterocycles. The Morgan fingerprint density at radius 3 is 2.39 bits per heavy atom. The van der Waals surface area contributed by atoms with E-state index < -0.39 is 18.1 Å². The summed E-state index contributed by atoms with van der Waals surface area (Å²) in [5.74, 6) is -0.948. The van der Waals surface area contributed by atoms with Gasteiger partial charge in [-0.1, -0.05) is 12.1 Å². The fourth-order valence-corrected chi connectivity index (χ4v) is 2.14. The van der Waals surface area contributed by atoms with Gasteiger partial charge in [-0.25, -0.2) is 4.79 Å². The molecule has 1 heterocycles. The highest BCUT2D eigenvalue weighted by Gasteiger charge is 2.25. The number of hydrogen-bond donors (Lipinski definition) is 2. The first kappa shape index (κ1) is 16.7. The van der Waals surface area contributed by atoms with Crippen molar-refractivity contribution in [3.8, 4) is 11.1 Å². The first-order valence-corrected chi connectivity index (χ1v) is 7.15. The summed E-state index contributed by atoms with van der Waals surface area (Å²) in [4.78, 5) is 23.9. The van der Waals surface area contributed by atoms with Gasteiger partial charge in [-0.05, 0) is 24.6 Å². The first-order chi connectivity index (χ1) is 10.9. The fraction of sp³-hybridized carbons (Fsp3) is 0.312. The summed E-state index contributed by atoms with van der Waals surface area (Å²) in [5, 5.41) is 6.70. The Balaban J connectivity index is 2.12. The largest absolute Gasteiger partial charge is 0.467 e. The molecule has 7 heteroatoms. The lowest BCUT2D eigenvalue weighted by molar-refractivity contribution is -0.143. The minimum atomic E-state index is -0.884. The molecule has 1 aromatic carbocycles. The number of rotatable bonds is 5. The molecule has 2 rings (SSSR count). The highest BCUT2D eigenvalue weighted by Crippen LogP contribution is 2.18. The van der Waals surface area contributed by atoms with Crippen molar-refractivity contribution < 1.29 is 14.3 Å². The van der Waals surface area contributed by atoms with E-state index in [0.717, 1.165) is 11.1 Å². The van der Waals surface area contributed by atoms with Crippen LogP contribution in [0, 0.1) is 0 Å². The molecule has 0 saturated carbocycles. The fourth-order valence-electron chi connectivity index (χ4n) is 2.14. The molecule has 0 radical (unpaired) electrons. The summed E-state index contributed by atoms with van der Waals surface area (Å²) >= 11 is 0. The van der Waals surface area contributed by atoms with Crippen LogP contribution in [0.1, 0.15) is 17.3 Å². The van der Waals surface area contributed by atoms with Crippen molar-refractivity contribution in [1.29, 1.82) is 0 Å². The highest BCUT2D eigenvalue weighted by atomic mass is 16.5. The quantitative estimate of drug-likeness (QED) is 0.791. The van der Waals surface area contributed by atoms with Crippen LogP contribution in [0.25, 0.3) is 11.1 Å². The molecule has 1 aromatic heterocycles. The van der Waals surface area contributed by atoms with Crippen molar-refractivity contribution in [2.24, 2.45) is 12.8 Å². The number of nitrogens with one attached hydrogen (secondary N) is 1. The Morgan fingerprint density at radius 1 is 1.26 bits per heavy atom. The van der Waals surface area contributed by atoms with Gasteiger partial charge in [-0.3, -0.25) is 9.48 Å². The molecule has 0 bridgehead atoms. The Kier molecular flexibility index (Phi) is 5.13. The van der Waals surface area contributed by atoms with E-state index >= 15 is 0 Å². The summed E-state index contributed by atoms with van der Waals surface area (Å²) in [7, 11) is 3.10. The average Bonchev–Trinajstić information content (AvgIpc) is 2.98. The maximum Gasteiger partial charge on any atom is 0.329 e. The second-order valence-electron chi connectivity index (χ2n) is 5.31. The molecule has 1 amide bonds. The van der Waals surface area contributed by atoms with Gasteiger partial charge in [0.25, 0.3) is 5.91 Å². The van der Waals surface area contributed by atoms with E-state index in [0.29, 0.717) is 5.56 Å². The van der Waals surface area contributed by atoms with Crippen molar-refractivity contribution in [3.63, 3.8) is 0 Å². The van der Waals surface area contributed by atoms with Crippen LogP contribution < -0.4 is 11.1 Å². The molecule has 23 heavy (non-hydrogen) atoms. The monoisotopic (exact) mass is 316 g/mol. The molecule has 122 valence electrons. The van der Waals surface area contributed by atoms with Gasteiger partial charge in [0.05, 0.1) is 13.3 Å². The van der Waals surface area contributed by atoms with Crippen LogP contribution in [-0.2, 0) is 16.6 Å². The third kappa shape index (κ3) is 3.95. The van der Waals surface area contributed by atoms with Crippen LogP contribution >= 0.6 is 0 Å². The summed E-state index contributed by atoms with van der Waals surface area (Å²) in [6, 6.07) is 5.59. The number of nitrogens with zero attached hydrogens (tertiary/aromatic N) is 2. The van der Waals surface area contributed by atoms with Crippen LogP contribution in [0.4, 0.5) is 0 Å². The molecular weight excluding hydrogens is 296 g/mol. The predicted octanol–water partition coefficient (Wildman–Crippen LogP) is 0.706. The lowest BCUT2D eigenvalue weighted by Crippen LogP contribution is -2.51.